The number of primary amides is 2. The molecular formula is C52H59N15O4. The van der Waals surface area contributed by atoms with Gasteiger partial charge in [-0.3, -0.25) is 34.3 Å². The van der Waals surface area contributed by atoms with Gasteiger partial charge in [0.15, 0.2) is 11.3 Å². The molecule has 2 aliphatic rings. The number of carbonyl (C=O) groups is 2. The van der Waals surface area contributed by atoms with E-state index in [-0.39, 0.29) is 18.3 Å². The van der Waals surface area contributed by atoms with Crippen molar-refractivity contribution in [3.05, 3.63) is 131 Å². The Kier molecular flexibility index (Phi) is 14.9. The molecule has 0 radical (unpaired) electrons. The number of hydrogen-bond acceptors (Lipinski definition) is 15. The predicted molar refractivity (Wildman–Crippen MR) is 274 cm³/mol. The summed E-state index contributed by atoms with van der Waals surface area (Å²) in [5.41, 5.74) is 23.7. The molecule has 19 heteroatoms. The van der Waals surface area contributed by atoms with E-state index in [1.165, 1.54) is 29.1 Å². The summed E-state index contributed by atoms with van der Waals surface area (Å²) in [7, 11) is 0. The Bertz CT molecular complexity index is 3140. The Labute approximate surface area is 410 Å². The SMILES string of the molecule is CCc1c(CN2CCC(O)C2)cccc1Nc1c(C(N)=O)cnc2nc(-c3ccncc3)[nH]c12.CCc1c(CN2CCN(CCO)CC2)cccc1Nc1c(C(N)=O)cnc2nc(-c3ccncc3)[nH]c12. The molecule has 1 atom stereocenters. The number of aromatic amines is 2. The molecule has 2 aromatic carbocycles. The normalized spacial score (nSPS) is 15.5. The molecule has 8 aromatic rings. The van der Waals surface area contributed by atoms with Gasteiger partial charge in [0, 0.05) is 119 Å². The lowest BCUT2D eigenvalue weighted by molar-refractivity contribution is 0.0992. The largest absolute Gasteiger partial charge is 0.395 e. The number of amides is 2. The highest BCUT2D eigenvalue weighted by molar-refractivity contribution is 6.07. The fourth-order valence-electron chi connectivity index (χ4n) is 9.49. The van der Waals surface area contributed by atoms with Gasteiger partial charge in [-0.25, -0.2) is 19.9 Å². The summed E-state index contributed by atoms with van der Waals surface area (Å²) in [5, 5.41) is 26.1. The number of nitrogens with two attached hydrogens (primary N) is 2. The number of hydrogen-bond donors (Lipinski definition) is 8. The first-order valence-corrected chi connectivity index (χ1v) is 24.0. The van der Waals surface area contributed by atoms with E-state index in [0.717, 1.165) is 99.7 Å². The van der Waals surface area contributed by atoms with Crippen molar-refractivity contribution in [2.75, 3.05) is 63.1 Å². The molecule has 2 amide bonds. The molecule has 8 heterocycles. The summed E-state index contributed by atoms with van der Waals surface area (Å²) < 4.78 is 0. The average molecular weight is 958 g/mol. The van der Waals surface area contributed by atoms with Crippen LogP contribution in [0.3, 0.4) is 0 Å². The van der Waals surface area contributed by atoms with Crippen LogP contribution in [-0.2, 0) is 25.9 Å². The smallest absolute Gasteiger partial charge is 0.252 e. The number of rotatable bonds is 16. The molecule has 0 spiro atoms. The zero-order chi connectivity index (χ0) is 49.4. The Morgan fingerprint density at radius 2 is 1.13 bits per heavy atom. The number of likely N-dealkylation sites (tertiary alicyclic amines) is 1. The fourth-order valence-corrected chi connectivity index (χ4v) is 9.49. The number of β-amino-alcohol motifs (C(OH)–C–C–N with tert-alkyl or cyclic N) is 2. The highest BCUT2D eigenvalue weighted by atomic mass is 16.3. The maximum Gasteiger partial charge on any atom is 0.252 e. The first kappa shape index (κ1) is 48.3. The number of nitrogens with zero attached hydrogens (tertiary/aromatic N) is 9. The van der Waals surface area contributed by atoms with Crippen molar-refractivity contribution in [1.29, 1.82) is 0 Å². The second-order valence-corrected chi connectivity index (χ2v) is 17.7. The van der Waals surface area contributed by atoms with E-state index in [1.54, 1.807) is 24.8 Å². The number of fused-ring (bicyclic) bond motifs is 2. The third-order valence-corrected chi connectivity index (χ3v) is 13.2. The van der Waals surface area contributed by atoms with Gasteiger partial charge in [-0.1, -0.05) is 38.1 Å². The van der Waals surface area contributed by atoms with E-state index >= 15 is 0 Å². The topological polar surface area (TPSA) is 269 Å². The molecule has 10 rings (SSSR count). The Balaban J connectivity index is 0.000000176. The van der Waals surface area contributed by atoms with Crippen molar-refractivity contribution >= 4 is 56.9 Å². The minimum Gasteiger partial charge on any atom is -0.395 e. The molecule has 19 nitrogen and oxygen atoms in total. The highest BCUT2D eigenvalue weighted by Gasteiger charge is 2.24. The number of benzene rings is 2. The summed E-state index contributed by atoms with van der Waals surface area (Å²) in [5.74, 6) is 0.134. The third-order valence-electron chi connectivity index (χ3n) is 13.2. The number of carbonyl (C=O) groups excluding carboxylic acids is 2. The summed E-state index contributed by atoms with van der Waals surface area (Å²) in [6.07, 6.45) is 11.9. The standard InChI is InChI=1S/C27H32N8O2.C25H27N7O2/c1-2-20-19(17-35-12-10-34(11-13-35)14-15-36)4-3-5-22(20)31-23-21(25(28)37)16-30-27-24(23)32-26(33-27)18-6-8-29-9-7-18;1-2-18-16(13-32-11-8-17(33)14-32)4-3-5-20(18)29-21-19(23(26)34)12-28-25-22(21)30-24(31-25)15-6-9-27-10-7-15/h3-9,16,36H,2,10-15,17H2,1H3,(H2,28,37)(H2,30,31,32,33);3-7,9-10,12,17,33H,2,8,11,13-14H2,1H3,(H2,26,34)(H2,28,29,30,31). The van der Waals surface area contributed by atoms with E-state index in [2.05, 4.69) is 91.2 Å². The molecule has 10 N–H and O–H groups in total. The van der Waals surface area contributed by atoms with Crippen molar-refractivity contribution in [2.45, 2.75) is 52.3 Å². The van der Waals surface area contributed by atoms with Crippen LogP contribution in [-0.4, -0.2) is 135 Å². The number of H-pyrrole nitrogens is 2. The lowest BCUT2D eigenvalue weighted by Crippen LogP contribution is -2.46. The van der Waals surface area contributed by atoms with Crippen molar-refractivity contribution in [3.8, 4) is 22.8 Å². The van der Waals surface area contributed by atoms with E-state index in [4.69, 9.17) is 11.5 Å². The van der Waals surface area contributed by atoms with E-state index in [1.807, 2.05) is 48.5 Å². The number of pyridine rings is 4. The Hall–Kier alpha value is -7.68. The number of aromatic nitrogens is 8. The van der Waals surface area contributed by atoms with Crippen LogP contribution in [0.1, 0.15) is 63.2 Å². The van der Waals surface area contributed by atoms with E-state index in [0.29, 0.717) is 57.5 Å². The van der Waals surface area contributed by atoms with Crippen LogP contribution in [0.4, 0.5) is 22.7 Å². The van der Waals surface area contributed by atoms with Gasteiger partial charge < -0.3 is 42.3 Å². The van der Waals surface area contributed by atoms with Crippen LogP contribution < -0.4 is 22.1 Å². The lowest BCUT2D eigenvalue weighted by atomic mass is 10.0. The number of imidazole rings is 2. The van der Waals surface area contributed by atoms with Crippen LogP contribution in [0.5, 0.6) is 0 Å². The van der Waals surface area contributed by atoms with Gasteiger partial charge in [-0.15, -0.1) is 0 Å². The average Bonchev–Trinajstić information content (AvgIpc) is 4.14. The van der Waals surface area contributed by atoms with E-state index < -0.39 is 11.8 Å². The second-order valence-electron chi connectivity index (χ2n) is 17.7. The van der Waals surface area contributed by atoms with Gasteiger partial charge >= 0.3 is 0 Å². The van der Waals surface area contributed by atoms with Crippen LogP contribution in [0.15, 0.2) is 97.8 Å². The molecule has 366 valence electrons. The van der Waals surface area contributed by atoms with Gasteiger partial charge in [-0.2, -0.15) is 0 Å². The molecule has 0 bridgehead atoms. The van der Waals surface area contributed by atoms with Crippen LogP contribution >= 0.6 is 0 Å². The van der Waals surface area contributed by atoms with E-state index in [9.17, 15) is 19.8 Å². The highest BCUT2D eigenvalue weighted by Crippen LogP contribution is 2.35. The summed E-state index contributed by atoms with van der Waals surface area (Å²) >= 11 is 0. The minimum absolute atomic E-state index is 0.198. The van der Waals surface area contributed by atoms with Crippen molar-refractivity contribution in [3.63, 3.8) is 0 Å². The number of nitrogens with one attached hydrogen (secondary N) is 4. The van der Waals surface area contributed by atoms with Gasteiger partial charge in [-0.05, 0) is 77.9 Å². The second kappa shape index (κ2) is 22.0. The van der Waals surface area contributed by atoms with Crippen molar-refractivity contribution in [1.82, 2.24) is 54.6 Å². The maximum absolute atomic E-state index is 12.4. The maximum atomic E-state index is 12.4. The van der Waals surface area contributed by atoms with Gasteiger partial charge in [0.1, 0.15) is 22.7 Å². The Morgan fingerprint density at radius 3 is 1.55 bits per heavy atom. The van der Waals surface area contributed by atoms with Crippen LogP contribution in [0, 0.1) is 0 Å². The molecule has 71 heavy (non-hydrogen) atoms. The quantitative estimate of drug-likeness (QED) is 0.0592. The molecule has 0 aliphatic carbocycles. The molecule has 6 aromatic heterocycles. The monoisotopic (exact) mass is 957 g/mol. The number of anilines is 4. The van der Waals surface area contributed by atoms with Crippen molar-refractivity contribution < 1.29 is 19.8 Å². The summed E-state index contributed by atoms with van der Waals surface area (Å²) in [4.78, 5) is 64.4. The molecule has 2 fully saturated rings. The first-order chi connectivity index (χ1) is 34.6. The first-order valence-electron chi connectivity index (χ1n) is 24.0. The molecular weight excluding hydrogens is 899 g/mol. The molecule has 0 saturated carbocycles. The minimum atomic E-state index is -0.572. The number of aliphatic hydroxyl groups is 2. The Morgan fingerprint density at radius 1 is 0.662 bits per heavy atom. The number of aliphatic hydroxyl groups excluding tert-OH is 2. The van der Waals surface area contributed by atoms with Crippen LogP contribution in [0.2, 0.25) is 0 Å². The zero-order valence-corrected chi connectivity index (χ0v) is 39.9. The molecule has 1 unspecified atom stereocenters. The summed E-state index contributed by atoms with van der Waals surface area (Å²) in [6, 6.07) is 19.8. The zero-order valence-electron chi connectivity index (χ0n) is 39.9. The lowest BCUT2D eigenvalue weighted by Gasteiger charge is -2.34. The molecule has 2 saturated heterocycles. The molecule has 2 aliphatic heterocycles. The van der Waals surface area contributed by atoms with Gasteiger partial charge in [0.2, 0.25) is 0 Å². The van der Waals surface area contributed by atoms with Gasteiger partial charge in [0.25, 0.3) is 11.8 Å². The van der Waals surface area contributed by atoms with Gasteiger partial charge in [0.05, 0.1) is 35.2 Å². The summed E-state index contributed by atoms with van der Waals surface area (Å²) in [6.45, 7) is 12.2. The van der Waals surface area contributed by atoms with Crippen molar-refractivity contribution in [2.24, 2.45) is 11.5 Å². The number of piperazine rings is 1. The predicted octanol–water partition coefficient (Wildman–Crippen LogP) is 5.53. The van der Waals surface area contributed by atoms with Crippen LogP contribution in [0.25, 0.3) is 45.1 Å². The third kappa shape index (κ3) is 10.9. The fraction of sp³-hybridized carbons (Fsp3) is 0.308.